The quantitative estimate of drug-likeness (QED) is 0.572. The fraction of sp³-hybridized carbons (Fsp3) is 0.917. The van der Waals surface area contributed by atoms with Crippen LogP contribution in [-0.2, 0) is 4.79 Å². The summed E-state index contributed by atoms with van der Waals surface area (Å²) in [6.07, 6.45) is 4.04. The summed E-state index contributed by atoms with van der Waals surface area (Å²) in [4.78, 5) is 11.6. The van der Waals surface area contributed by atoms with Gasteiger partial charge >= 0.3 is 0 Å². The van der Waals surface area contributed by atoms with E-state index in [0.29, 0.717) is 13.0 Å². The molecule has 1 atom stereocenters. The van der Waals surface area contributed by atoms with Gasteiger partial charge < -0.3 is 15.7 Å². The molecule has 16 heavy (non-hydrogen) atoms. The van der Waals surface area contributed by atoms with Gasteiger partial charge in [0.05, 0.1) is 6.54 Å². The number of carbonyl (C=O) groups excluding carboxylic acids is 1. The molecule has 1 aliphatic carbocycles. The first-order valence-corrected chi connectivity index (χ1v) is 6.22. The monoisotopic (exact) mass is 228 g/mol. The Morgan fingerprint density at radius 2 is 2.19 bits per heavy atom. The second-order valence-corrected chi connectivity index (χ2v) is 5.01. The number of aliphatic hydroxyl groups is 1. The lowest BCUT2D eigenvalue weighted by Crippen LogP contribution is -2.49. The van der Waals surface area contributed by atoms with Gasteiger partial charge in [0.25, 0.3) is 0 Å². The smallest absolute Gasteiger partial charge is 0.234 e. The van der Waals surface area contributed by atoms with Crippen molar-refractivity contribution in [2.75, 3.05) is 19.7 Å². The number of carbonyl (C=O) groups is 1. The minimum atomic E-state index is -0.271. The van der Waals surface area contributed by atoms with Gasteiger partial charge in [-0.1, -0.05) is 6.92 Å². The molecule has 1 amide bonds. The summed E-state index contributed by atoms with van der Waals surface area (Å²) in [5, 5.41) is 15.1. The first-order chi connectivity index (χ1) is 7.59. The number of hydrogen-bond acceptors (Lipinski definition) is 3. The van der Waals surface area contributed by atoms with E-state index in [2.05, 4.69) is 10.6 Å². The molecule has 3 N–H and O–H groups in total. The van der Waals surface area contributed by atoms with Crippen molar-refractivity contribution in [3.8, 4) is 0 Å². The normalized spacial score (nSPS) is 19.2. The van der Waals surface area contributed by atoms with Gasteiger partial charge in [0.2, 0.25) is 5.91 Å². The lowest BCUT2D eigenvalue weighted by molar-refractivity contribution is -0.122. The second-order valence-electron chi connectivity index (χ2n) is 5.01. The Morgan fingerprint density at radius 1 is 1.50 bits per heavy atom. The van der Waals surface area contributed by atoms with Gasteiger partial charge in [-0.3, -0.25) is 4.79 Å². The highest BCUT2D eigenvalue weighted by Crippen LogP contribution is 2.27. The summed E-state index contributed by atoms with van der Waals surface area (Å²) in [5.74, 6) is 0.821. The molecule has 0 radical (unpaired) electrons. The van der Waals surface area contributed by atoms with E-state index in [1.54, 1.807) is 0 Å². The summed E-state index contributed by atoms with van der Waals surface area (Å²) in [5.41, 5.74) is -0.271. The van der Waals surface area contributed by atoms with Gasteiger partial charge in [-0.25, -0.2) is 0 Å². The van der Waals surface area contributed by atoms with E-state index in [-0.39, 0.29) is 18.1 Å². The molecule has 1 aliphatic rings. The molecule has 1 unspecified atom stereocenters. The SMILES string of the molecule is CCC(C)(CCO)NC(=O)CNCC1CC1. The second kappa shape index (κ2) is 6.21. The standard InChI is InChI=1S/C12H24N2O2/c1-3-12(2,6-7-15)14-11(16)9-13-8-10-4-5-10/h10,13,15H,3-9H2,1-2H3,(H,14,16). The fourth-order valence-electron chi connectivity index (χ4n) is 1.67. The van der Waals surface area contributed by atoms with Crippen LogP contribution in [0.25, 0.3) is 0 Å². The Morgan fingerprint density at radius 3 is 2.69 bits per heavy atom. The number of amides is 1. The number of aliphatic hydroxyl groups excluding tert-OH is 1. The van der Waals surface area contributed by atoms with Gasteiger partial charge in [-0.2, -0.15) is 0 Å². The molecule has 0 saturated heterocycles. The predicted molar refractivity (Wildman–Crippen MR) is 64.1 cm³/mol. The third kappa shape index (κ3) is 4.94. The van der Waals surface area contributed by atoms with Crippen LogP contribution in [0.1, 0.15) is 39.5 Å². The summed E-state index contributed by atoms with van der Waals surface area (Å²) in [6, 6.07) is 0. The van der Waals surface area contributed by atoms with Gasteiger partial charge in [0.1, 0.15) is 0 Å². The molecular weight excluding hydrogens is 204 g/mol. The topological polar surface area (TPSA) is 61.4 Å². The molecule has 0 spiro atoms. The zero-order valence-electron chi connectivity index (χ0n) is 10.4. The Hall–Kier alpha value is -0.610. The van der Waals surface area contributed by atoms with Gasteiger partial charge in [0, 0.05) is 12.1 Å². The van der Waals surface area contributed by atoms with Gasteiger partial charge in [-0.15, -0.1) is 0 Å². The first kappa shape index (κ1) is 13.5. The van der Waals surface area contributed by atoms with Crippen LogP contribution >= 0.6 is 0 Å². The molecule has 0 heterocycles. The van der Waals surface area contributed by atoms with E-state index in [0.717, 1.165) is 18.9 Å². The average Bonchev–Trinajstić information content (AvgIpc) is 3.02. The Labute approximate surface area is 97.8 Å². The van der Waals surface area contributed by atoms with Crippen molar-refractivity contribution >= 4 is 5.91 Å². The van der Waals surface area contributed by atoms with Crippen molar-refractivity contribution in [3.05, 3.63) is 0 Å². The molecule has 1 fully saturated rings. The van der Waals surface area contributed by atoms with Crippen molar-refractivity contribution in [2.45, 2.75) is 45.1 Å². The summed E-state index contributed by atoms with van der Waals surface area (Å²) >= 11 is 0. The minimum Gasteiger partial charge on any atom is -0.396 e. The van der Waals surface area contributed by atoms with Crippen LogP contribution in [0.5, 0.6) is 0 Å². The molecule has 0 bridgehead atoms. The third-order valence-corrected chi connectivity index (χ3v) is 3.30. The van der Waals surface area contributed by atoms with E-state index in [1.807, 2.05) is 13.8 Å². The van der Waals surface area contributed by atoms with Crippen LogP contribution in [0.3, 0.4) is 0 Å². The Kier molecular flexibility index (Phi) is 5.22. The molecule has 1 rings (SSSR count). The summed E-state index contributed by atoms with van der Waals surface area (Å²) in [7, 11) is 0. The van der Waals surface area contributed by atoms with E-state index < -0.39 is 0 Å². The highest BCUT2D eigenvalue weighted by molar-refractivity contribution is 5.78. The van der Waals surface area contributed by atoms with Crippen molar-refractivity contribution in [1.29, 1.82) is 0 Å². The maximum Gasteiger partial charge on any atom is 0.234 e. The number of nitrogens with one attached hydrogen (secondary N) is 2. The van der Waals surface area contributed by atoms with E-state index in [4.69, 9.17) is 5.11 Å². The maximum atomic E-state index is 11.6. The highest BCUT2D eigenvalue weighted by atomic mass is 16.3. The van der Waals surface area contributed by atoms with Crippen molar-refractivity contribution in [2.24, 2.45) is 5.92 Å². The molecule has 1 saturated carbocycles. The average molecular weight is 228 g/mol. The lowest BCUT2D eigenvalue weighted by Gasteiger charge is -2.29. The van der Waals surface area contributed by atoms with E-state index in [1.165, 1.54) is 12.8 Å². The van der Waals surface area contributed by atoms with Crippen molar-refractivity contribution in [3.63, 3.8) is 0 Å². The summed E-state index contributed by atoms with van der Waals surface area (Å²) in [6.45, 7) is 5.45. The Bertz CT molecular complexity index is 229. The highest BCUT2D eigenvalue weighted by Gasteiger charge is 2.24. The zero-order valence-corrected chi connectivity index (χ0v) is 10.4. The maximum absolute atomic E-state index is 11.6. The summed E-state index contributed by atoms with van der Waals surface area (Å²) < 4.78 is 0. The lowest BCUT2D eigenvalue weighted by atomic mass is 9.95. The molecule has 94 valence electrons. The molecule has 0 aromatic heterocycles. The molecular formula is C12H24N2O2. The minimum absolute atomic E-state index is 0.0263. The van der Waals surface area contributed by atoms with Crippen LogP contribution < -0.4 is 10.6 Å². The molecule has 0 aromatic carbocycles. The van der Waals surface area contributed by atoms with Crippen LogP contribution in [-0.4, -0.2) is 36.2 Å². The molecule has 4 heteroatoms. The van der Waals surface area contributed by atoms with Crippen LogP contribution in [0.2, 0.25) is 0 Å². The van der Waals surface area contributed by atoms with E-state index >= 15 is 0 Å². The Balaban J connectivity index is 2.18. The van der Waals surface area contributed by atoms with Gasteiger partial charge in [0.15, 0.2) is 0 Å². The van der Waals surface area contributed by atoms with Crippen LogP contribution in [0, 0.1) is 5.92 Å². The van der Waals surface area contributed by atoms with Gasteiger partial charge in [-0.05, 0) is 45.1 Å². The molecule has 4 nitrogen and oxygen atoms in total. The fourth-order valence-corrected chi connectivity index (χ4v) is 1.67. The van der Waals surface area contributed by atoms with Crippen LogP contribution in [0.4, 0.5) is 0 Å². The predicted octanol–water partition coefficient (Wildman–Crippen LogP) is 0.653. The third-order valence-electron chi connectivity index (χ3n) is 3.30. The van der Waals surface area contributed by atoms with Crippen molar-refractivity contribution < 1.29 is 9.90 Å². The number of hydrogen-bond donors (Lipinski definition) is 3. The number of rotatable bonds is 8. The zero-order chi connectivity index (χ0) is 12.0. The largest absolute Gasteiger partial charge is 0.396 e. The first-order valence-electron chi connectivity index (χ1n) is 6.22. The molecule has 0 aliphatic heterocycles. The van der Waals surface area contributed by atoms with E-state index in [9.17, 15) is 4.79 Å². The van der Waals surface area contributed by atoms with Crippen LogP contribution in [0.15, 0.2) is 0 Å². The van der Waals surface area contributed by atoms with Crippen molar-refractivity contribution in [1.82, 2.24) is 10.6 Å². The molecule has 0 aromatic rings.